The number of hydrogen-bond donors (Lipinski definition) is 0. The predicted octanol–water partition coefficient (Wildman–Crippen LogP) is 2.52. The highest BCUT2D eigenvalue weighted by atomic mass is 16.5. The molecule has 3 fully saturated rings. The Balaban J connectivity index is 1.34. The second-order valence-electron chi connectivity index (χ2n) is 8.09. The molecule has 4 heteroatoms. The monoisotopic (exact) mass is 308 g/mol. The third-order valence-electron chi connectivity index (χ3n) is 5.83. The van der Waals surface area contributed by atoms with E-state index in [4.69, 9.17) is 4.74 Å². The van der Waals surface area contributed by atoms with E-state index in [-0.39, 0.29) is 0 Å². The molecule has 3 rings (SSSR count). The lowest BCUT2D eigenvalue weighted by Gasteiger charge is -2.59. The minimum Gasteiger partial charge on any atom is -0.376 e. The molecule has 1 spiro atoms. The average molecular weight is 308 g/mol. The molecule has 1 aliphatic carbocycles. The lowest BCUT2D eigenvalue weighted by atomic mass is 9.61. The number of carbonyl (C=O) groups excluding carboxylic acids is 1. The fourth-order valence-electron chi connectivity index (χ4n) is 4.43. The molecule has 0 aromatic heterocycles. The number of likely N-dealkylation sites (tertiary alicyclic amines) is 2. The van der Waals surface area contributed by atoms with Crippen molar-refractivity contribution < 1.29 is 9.53 Å². The van der Waals surface area contributed by atoms with Gasteiger partial charge in [0.1, 0.15) is 0 Å². The van der Waals surface area contributed by atoms with Crippen LogP contribution in [-0.2, 0) is 9.53 Å². The molecule has 0 aromatic rings. The molecule has 22 heavy (non-hydrogen) atoms. The van der Waals surface area contributed by atoms with E-state index in [9.17, 15) is 4.79 Å². The lowest BCUT2D eigenvalue weighted by molar-refractivity contribution is -0.178. The van der Waals surface area contributed by atoms with Gasteiger partial charge in [-0.3, -0.25) is 9.69 Å². The Morgan fingerprint density at radius 2 is 1.86 bits per heavy atom. The van der Waals surface area contributed by atoms with Crippen molar-refractivity contribution in [3.63, 3.8) is 0 Å². The topological polar surface area (TPSA) is 32.8 Å². The number of nitrogens with zero attached hydrogens (tertiary/aromatic N) is 2. The van der Waals surface area contributed by atoms with Crippen LogP contribution < -0.4 is 0 Å². The summed E-state index contributed by atoms with van der Waals surface area (Å²) in [5.74, 6) is 1.22. The van der Waals surface area contributed by atoms with E-state index < -0.39 is 0 Å². The Labute approximate surface area is 135 Å². The summed E-state index contributed by atoms with van der Waals surface area (Å²) >= 11 is 0. The average Bonchev–Trinajstić information content (AvgIpc) is 2.40. The molecule has 0 radical (unpaired) electrons. The highest BCUT2D eigenvalue weighted by Gasteiger charge is 2.54. The van der Waals surface area contributed by atoms with Gasteiger partial charge in [-0.25, -0.2) is 0 Å². The van der Waals surface area contributed by atoms with E-state index in [1.165, 1.54) is 19.3 Å². The van der Waals surface area contributed by atoms with Crippen molar-refractivity contribution >= 4 is 5.91 Å². The van der Waals surface area contributed by atoms with Gasteiger partial charge in [-0.1, -0.05) is 13.3 Å². The molecule has 0 aromatic carbocycles. The maximum atomic E-state index is 12.4. The first-order valence-electron chi connectivity index (χ1n) is 9.15. The zero-order valence-corrected chi connectivity index (χ0v) is 14.5. The fourth-order valence-corrected chi connectivity index (χ4v) is 4.43. The maximum absolute atomic E-state index is 12.4. The minimum atomic E-state index is 0.325. The van der Waals surface area contributed by atoms with Crippen LogP contribution in [0.2, 0.25) is 0 Å². The smallest absolute Gasteiger partial charge is 0.236 e. The van der Waals surface area contributed by atoms with Gasteiger partial charge in [0.05, 0.1) is 18.8 Å². The van der Waals surface area contributed by atoms with E-state index in [1.807, 2.05) is 0 Å². The molecule has 0 unspecified atom stereocenters. The SMILES string of the molecule is CCC1CCN(CC(=O)N2CC3(CC(OC(C)C)C3)C2)CC1. The van der Waals surface area contributed by atoms with E-state index in [2.05, 4.69) is 30.6 Å². The van der Waals surface area contributed by atoms with Gasteiger partial charge in [0.15, 0.2) is 0 Å². The Morgan fingerprint density at radius 3 is 2.41 bits per heavy atom. The molecule has 1 amide bonds. The highest BCUT2D eigenvalue weighted by molar-refractivity contribution is 5.79. The van der Waals surface area contributed by atoms with Crippen molar-refractivity contribution in [1.29, 1.82) is 0 Å². The molecule has 4 nitrogen and oxygen atoms in total. The fraction of sp³-hybridized carbons (Fsp3) is 0.944. The normalized spacial score (nSPS) is 26.3. The van der Waals surface area contributed by atoms with Gasteiger partial charge in [0.2, 0.25) is 5.91 Å². The Hall–Kier alpha value is -0.610. The number of ether oxygens (including phenoxy) is 1. The quantitative estimate of drug-likeness (QED) is 0.782. The Bertz CT molecular complexity index is 388. The molecule has 126 valence electrons. The van der Waals surface area contributed by atoms with Gasteiger partial charge in [0, 0.05) is 18.5 Å². The van der Waals surface area contributed by atoms with Crippen molar-refractivity contribution in [1.82, 2.24) is 9.80 Å². The van der Waals surface area contributed by atoms with Gasteiger partial charge < -0.3 is 9.64 Å². The summed E-state index contributed by atoms with van der Waals surface area (Å²) in [6.45, 7) is 11.3. The van der Waals surface area contributed by atoms with Gasteiger partial charge in [0.25, 0.3) is 0 Å². The summed E-state index contributed by atoms with van der Waals surface area (Å²) in [6.07, 6.45) is 6.88. The van der Waals surface area contributed by atoms with E-state index >= 15 is 0 Å². The number of piperidine rings is 1. The minimum absolute atomic E-state index is 0.325. The predicted molar refractivity (Wildman–Crippen MR) is 87.7 cm³/mol. The molecular weight excluding hydrogens is 276 g/mol. The molecule has 2 aliphatic heterocycles. The van der Waals surface area contributed by atoms with Crippen LogP contribution in [0.5, 0.6) is 0 Å². The summed E-state index contributed by atoms with van der Waals surface area (Å²) in [6, 6.07) is 0. The van der Waals surface area contributed by atoms with E-state index in [0.717, 1.165) is 44.9 Å². The van der Waals surface area contributed by atoms with Crippen LogP contribution in [0.3, 0.4) is 0 Å². The summed E-state index contributed by atoms with van der Waals surface area (Å²) in [5.41, 5.74) is 0.407. The van der Waals surface area contributed by atoms with Crippen LogP contribution >= 0.6 is 0 Å². The standard InChI is InChI=1S/C18H32N2O2/c1-4-15-5-7-19(8-6-15)11-17(21)20-12-18(13-20)9-16(10-18)22-14(2)3/h14-16H,4-13H2,1-3H3. The van der Waals surface area contributed by atoms with Crippen molar-refractivity contribution in [3.05, 3.63) is 0 Å². The summed E-state index contributed by atoms with van der Waals surface area (Å²) in [7, 11) is 0. The first-order chi connectivity index (χ1) is 10.5. The number of amides is 1. The maximum Gasteiger partial charge on any atom is 0.236 e. The zero-order valence-electron chi connectivity index (χ0n) is 14.5. The number of carbonyl (C=O) groups is 1. The van der Waals surface area contributed by atoms with Crippen molar-refractivity contribution in [2.24, 2.45) is 11.3 Å². The van der Waals surface area contributed by atoms with Crippen LogP contribution in [-0.4, -0.2) is 60.6 Å². The van der Waals surface area contributed by atoms with Gasteiger partial charge in [-0.15, -0.1) is 0 Å². The summed E-state index contributed by atoms with van der Waals surface area (Å²) < 4.78 is 5.84. The molecule has 2 heterocycles. The molecule has 3 aliphatic rings. The second-order valence-corrected chi connectivity index (χ2v) is 8.09. The van der Waals surface area contributed by atoms with Crippen LogP contribution in [0.25, 0.3) is 0 Å². The Morgan fingerprint density at radius 1 is 1.23 bits per heavy atom. The molecule has 2 saturated heterocycles. The van der Waals surface area contributed by atoms with Gasteiger partial charge in [-0.05, 0) is 58.5 Å². The van der Waals surface area contributed by atoms with E-state index in [0.29, 0.717) is 30.1 Å². The molecule has 1 saturated carbocycles. The first kappa shape index (κ1) is 16.3. The van der Waals surface area contributed by atoms with Crippen LogP contribution in [0.15, 0.2) is 0 Å². The third-order valence-corrected chi connectivity index (χ3v) is 5.83. The van der Waals surface area contributed by atoms with Crippen molar-refractivity contribution in [3.8, 4) is 0 Å². The van der Waals surface area contributed by atoms with Crippen molar-refractivity contribution in [2.45, 2.75) is 65.1 Å². The summed E-state index contributed by atoms with van der Waals surface area (Å²) in [4.78, 5) is 16.8. The van der Waals surface area contributed by atoms with Gasteiger partial charge >= 0.3 is 0 Å². The zero-order chi connectivity index (χ0) is 15.7. The lowest BCUT2D eigenvalue weighted by Crippen LogP contribution is -2.66. The number of rotatable bonds is 5. The molecule has 0 N–H and O–H groups in total. The van der Waals surface area contributed by atoms with E-state index in [1.54, 1.807) is 0 Å². The molecule has 0 atom stereocenters. The molecular formula is C18H32N2O2. The number of hydrogen-bond acceptors (Lipinski definition) is 3. The van der Waals surface area contributed by atoms with Crippen LogP contribution in [0.4, 0.5) is 0 Å². The Kier molecular flexibility index (Phi) is 4.79. The highest BCUT2D eigenvalue weighted by Crippen LogP contribution is 2.49. The third kappa shape index (κ3) is 3.48. The molecule has 0 bridgehead atoms. The first-order valence-corrected chi connectivity index (χ1v) is 9.15. The van der Waals surface area contributed by atoms with Crippen molar-refractivity contribution in [2.75, 3.05) is 32.7 Å². The van der Waals surface area contributed by atoms with Crippen LogP contribution in [0, 0.1) is 11.3 Å². The van der Waals surface area contributed by atoms with Gasteiger partial charge in [-0.2, -0.15) is 0 Å². The summed E-state index contributed by atoms with van der Waals surface area (Å²) in [5, 5.41) is 0. The second kappa shape index (κ2) is 6.48. The largest absolute Gasteiger partial charge is 0.376 e. The van der Waals surface area contributed by atoms with Crippen LogP contribution in [0.1, 0.15) is 52.9 Å².